The molecule has 8 heteroatoms. The lowest BCUT2D eigenvalue weighted by Gasteiger charge is -2.07. The second-order valence-electron chi connectivity index (χ2n) is 4.39. The van der Waals surface area contributed by atoms with Crippen molar-refractivity contribution >= 4 is 38.7 Å². The zero-order valence-corrected chi connectivity index (χ0v) is 12.6. The van der Waals surface area contributed by atoms with Gasteiger partial charge in [0.15, 0.2) is 9.84 Å². The van der Waals surface area contributed by atoms with Crippen molar-refractivity contribution in [2.45, 2.75) is 4.90 Å². The fraction of sp³-hybridized carbons (Fsp3) is 0.0769. The van der Waals surface area contributed by atoms with E-state index in [9.17, 15) is 13.2 Å². The minimum atomic E-state index is -3.45. The van der Waals surface area contributed by atoms with E-state index in [-0.39, 0.29) is 16.1 Å². The highest BCUT2D eigenvalue weighted by Gasteiger charge is 2.13. The average Bonchev–Trinajstić information content (AvgIpc) is 2.39. The van der Waals surface area contributed by atoms with E-state index in [0.717, 1.165) is 6.26 Å². The monoisotopic (exact) mass is 325 g/mol. The van der Waals surface area contributed by atoms with E-state index in [0.29, 0.717) is 10.8 Å². The number of nitrogens with two attached hydrogens (primary N) is 1. The van der Waals surface area contributed by atoms with Gasteiger partial charge in [0.2, 0.25) is 0 Å². The van der Waals surface area contributed by atoms with Crippen LogP contribution in [0.2, 0.25) is 5.15 Å². The Morgan fingerprint density at radius 3 is 2.57 bits per heavy atom. The molecule has 2 aromatic rings. The van der Waals surface area contributed by atoms with Crippen molar-refractivity contribution in [1.82, 2.24) is 4.98 Å². The zero-order valence-electron chi connectivity index (χ0n) is 11.0. The molecule has 0 saturated heterocycles. The van der Waals surface area contributed by atoms with Crippen molar-refractivity contribution in [1.29, 1.82) is 0 Å². The van der Waals surface area contributed by atoms with Crippen molar-refractivity contribution < 1.29 is 13.2 Å². The Kier molecular flexibility index (Phi) is 4.15. The van der Waals surface area contributed by atoms with Crippen LogP contribution in [0.1, 0.15) is 10.4 Å². The quantitative estimate of drug-likeness (QED) is 0.663. The molecule has 0 unspecified atom stereocenters. The van der Waals surface area contributed by atoms with Crippen LogP contribution in [0.25, 0.3) is 0 Å². The lowest BCUT2D eigenvalue weighted by molar-refractivity contribution is 0.102. The summed E-state index contributed by atoms with van der Waals surface area (Å²) in [4.78, 5) is 15.9. The molecule has 0 aliphatic rings. The van der Waals surface area contributed by atoms with Crippen LogP contribution in [0, 0.1) is 0 Å². The number of carbonyl (C=O) groups excluding carboxylic acids is 1. The molecule has 1 heterocycles. The van der Waals surface area contributed by atoms with Gasteiger partial charge in [0.1, 0.15) is 5.15 Å². The number of rotatable bonds is 3. The number of anilines is 2. The highest BCUT2D eigenvalue weighted by Crippen LogP contribution is 2.18. The van der Waals surface area contributed by atoms with Gasteiger partial charge in [0.05, 0.1) is 16.8 Å². The van der Waals surface area contributed by atoms with Crippen LogP contribution in [0.5, 0.6) is 0 Å². The van der Waals surface area contributed by atoms with Crippen LogP contribution < -0.4 is 11.1 Å². The van der Waals surface area contributed by atoms with E-state index in [1.54, 1.807) is 6.07 Å². The Morgan fingerprint density at radius 1 is 1.29 bits per heavy atom. The van der Waals surface area contributed by atoms with Crippen LogP contribution in [0.15, 0.2) is 41.4 Å². The minimum Gasteiger partial charge on any atom is -0.399 e. The Balaban J connectivity index is 2.31. The summed E-state index contributed by atoms with van der Waals surface area (Å²) in [5.74, 6) is -0.490. The van der Waals surface area contributed by atoms with Crippen LogP contribution in [-0.4, -0.2) is 25.6 Å². The smallest absolute Gasteiger partial charge is 0.255 e. The van der Waals surface area contributed by atoms with Crippen LogP contribution in [0.4, 0.5) is 11.4 Å². The molecule has 110 valence electrons. The maximum absolute atomic E-state index is 12.1. The second kappa shape index (κ2) is 5.71. The number of hydrogen-bond acceptors (Lipinski definition) is 5. The highest BCUT2D eigenvalue weighted by atomic mass is 35.5. The van der Waals surface area contributed by atoms with Gasteiger partial charge in [-0.25, -0.2) is 13.4 Å². The van der Waals surface area contributed by atoms with E-state index >= 15 is 0 Å². The Labute approximate surface area is 126 Å². The third kappa shape index (κ3) is 3.93. The molecule has 0 aliphatic carbocycles. The third-order valence-corrected chi connectivity index (χ3v) is 3.92. The molecule has 0 aliphatic heterocycles. The number of halogens is 1. The minimum absolute atomic E-state index is 0.0121. The molecule has 2 rings (SSSR count). The van der Waals surface area contributed by atoms with Gasteiger partial charge in [-0.3, -0.25) is 4.79 Å². The Morgan fingerprint density at radius 2 is 2.00 bits per heavy atom. The van der Waals surface area contributed by atoms with Gasteiger partial charge >= 0.3 is 0 Å². The normalized spacial score (nSPS) is 11.1. The number of sulfone groups is 1. The number of nitrogens with one attached hydrogen (secondary N) is 1. The lowest BCUT2D eigenvalue weighted by Crippen LogP contribution is -2.13. The molecule has 0 saturated carbocycles. The summed E-state index contributed by atoms with van der Waals surface area (Å²) in [6.07, 6.45) is 2.44. The largest absolute Gasteiger partial charge is 0.399 e. The number of carbonyl (C=O) groups is 1. The molecular weight excluding hydrogens is 314 g/mol. The topological polar surface area (TPSA) is 102 Å². The molecule has 3 N–H and O–H groups in total. The number of pyridine rings is 1. The van der Waals surface area contributed by atoms with Gasteiger partial charge in [-0.15, -0.1) is 0 Å². The van der Waals surface area contributed by atoms with Crippen LogP contribution in [0.3, 0.4) is 0 Å². The van der Waals surface area contributed by atoms with E-state index in [4.69, 9.17) is 17.3 Å². The molecule has 0 radical (unpaired) electrons. The molecule has 0 fully saturated rings. The Bertz CT molecular complexity index is 789. The predicted molar refractivity (Wildman–Crippen MR) is 81.2 cm³/mol. The highest BCUT2D eigenvalue weighted by molar-refractivity contribution is 7.90. The first-order chi connectivity index (χ1) is 9.75. The van der Waals surface area contributed by atoms with E-state index in [1.165, 1.54) is 30.5 Å². The molecule has 6 nitrogen and oxygen atoms in total. The summed E-state index contributed by atoms with van der Waals surface area (Å²) in [5, 5.41) is 2.88. The van der Waals surface area contributed by atoms with Crippen LogP contribution in [-0.2, 0) is 9.84 Å². The predicted octanol–water partition coefficient (Wildman–Crippen LogP) is 1.97. The van der Waals surface area contributed by atoms with Gasteiger partial charge < -0.3 is 11.1 Å². The molecule has 1 aromatic carbocycles. The summed E-state index contributed by atoms with van der Waals surface area (Å²) in [7, 11) is -3.45. The van der Waals surface area contributed by atoms with Crippen molar-refractivity contribution in [2.24, 2.45) is 0 Å². The van der Waals surface area contributed by atoms with Gasteiger partial charge in [-0.2, -0.15) is 0 Å². The summed E-state index contributed by atoms with van der Waals surface area (Å²) in [5.41, 5.74) is 6.41. The lowest BCUT2D eigenvalue weighted by atomic mass is 10.2. The van der Waals surface area contributed by atoms with E-state index < -0.39 is 15.7 Å². The van der Waals surface area contributed by atoms with E-state index in [1.807, 2.05) is 0 Å². The maximum Gasteiger partial charge on any atom is 0.255 e. The fourth-order valence-electron chi connectivity index (χ4n) is 1.62. The third-order valence-electron chi connectivity index (χ3n) is 2.60. The molecule has 0 atom stereocenters. The maximum atomic E-state index is 12.1. The van der Waals surface area contributed by atoms with Gasteiger partial charge in [0, 0.05) is 17.5 Å². The SMILES string of the molecule is CS(=O)(=O)c1cc(N)cc(C(=O)Nc2ccc(Cl)nc2)c1. The van der Waals surface area contributed by atoms with Gasteiger partial charge in [-0.05, 0) is 30.3 Å². The average molecular weight is 326 g/mol. The van der Waals surface area contributed by atoms with Crippen molar-refractivity contribution in [3.05, 3.63) is 47.2 Å². The summed E-state index contributed by atoms with van der Waals surface area (Å²) < 4.78 is 23.1. The summed E-state index contributed by atoms with van der Waals surface area (Å²) in [6, 6.07) is 7.07. The van der Waals surface area contributed by atoms with Gasteiger partial charge in [0.25, 0.3) is 5.91 Å². The molecule has 21 heavy (non-hydrogen) atoms. The van der Waals surface area contributed by atoms with Gasteiger partial charge in [-0.1, -0.05) is 11.6 Å². The standard InChI is InChI=1S/C13H12ClN3O3S/c1-21(19,20)11-5-8(4-9(15)6-11)13(18)17-10-2-3-12(14)16-7-10/h2-7H,15H2,1H3,(H,17,18). The van der Waals surface area contributed by atoms with E-state index in [2.05, 4.69) is 10.3 Å². The number of benzene rings is 1. The van der Waals surface area contributed by atoms with Crippen molar-refractivity contribution in [3.8, 4) is 0 Å². The fourth-order valence-corrected chi connectivity index (χ4v) is 2.42. The first-order valence-electron chi connectivity index (χ1n) is 5.79. The number of aromatic nitrogens is 1. The second-order valence-corrected chi connectivity index (χ2v) is 6.79. The van der Waals surface area contributed by atoms with Crippen LogP contribution >= 0.6 is 11.6 Å². The first-order valence-corrected chi connectivity index (χ1v) is 8.06. The van der Waals surface area contributed by atoms with Crippen molar-refractivity contribution in [3.63, 3.8) is 0 Å². The van der Waals surface area contributed by atoms with Crippen molar-refractivity contribution in [2.75, 3.05) is 17.3 Å². The first kappa shape index (κ1) is 15.3. The zero-order chi connectivity index (χ0) is 15.6. The summed E-state index contributed by atoms with van der Waals surface area (Å²) in [6.45, 7) is 0. The number of nitrogens with zero attached hydrogens (tertiary/aromatic N) is 1. The molecule has 0 spiro atoms. The number of nitrogen functional groups attached to an aromatic ring is 1. The molecule has 0 bridgehead atoms. The number of amides is 1. The molecule has 1 amide bonds. The number of hydrogen-bond donors (Lipinski definition) is 2. The Hall–Kier alpha value is -2.12. The summed E-state index contributed by atoms with van der Waals surface area (Å²) >= 11 is 5.65. The molecular formula is C13H12ClN3O3S. The molecule has 1 aromatic heterocycles.